The van der Waals surface area contributed by atoms with Crippen molar-refractivity contribution in [2.45, 2.75) is 12.5 Å². The van der Waals surface area contributed by atoms with Crippen LogP contribution in [-0.2, 0) is 0 Å². The van der Waals surface area contributed by atoms with Crippen LogP contribution in [0, 0.1) is 0 Å². The molecule has 0 aliphatic heterocycles. The maximum absolute atomic E-state index is 12.1. The molecule has 2 N–H and O–H groups in total. The average molecular weight is 374 g/mol. The lowest BCUT2D eigenvalue weighted by Gasteiger charge is -2.09. The van der Waals surface area contributed by atoms with Crippen LogP contribution in [0.25, 0.3) is 11.0 Å². The number of halogens is 1. The molecule has 23 heavy (non-hydrogen) atoms. The van der Waals surface area contributed by atoms with Crippen LogP contribution in [-0.4, -0.2) is 17.6 Å². The molecule has 1 heterocycles. The van der Waals surface area contributed by atoms with Crippen LogP contribution in [0.5, 0.6) is 0 Å². The zero-order valence-corrected chi connectivity index (χ0v) is 13.9. The Bertz CT molecular complexity index is 795. The van der Waals surface area contributed by atoms with Gasteiger partial charge in [-0.3, -0.25) is 4.79 Å². The first kappa shape index (κ1) is 15.8. The third kappa shape index (κ3) is 3.63. The summed E-state index contributed by atoms with van der Waals surface area (Å²) >= 11 is 3.35. The second-order valence-electron chi connectivity index (χ2n) is 5.23. The fraction of sp³-hybridized carbons (Fsp3) is 0.167. The molecule has 1 atom stereocenters. The minimum atomic E-state index is -0.748. The summed E-state index contributed by atoms with van der Waals surface area (Å²) in [6.45, 7) is 0.360. The van der Waals surface area contributed by atoms with Crippen molar-refractivity contribution in [3.8, 4) is 0 Å². The van der Waals surface area contributed by atoms with E-state index in [4.69, 9.17) is 4.42 Å². The molecule has 0 aliphatic carbocycles. The largest absolute Gasteiger partial charge is 0.458 e. The molecule has 118 valence electrons. The Morgan fingerprint density at radius 3 is 2.70 bits per heavy atom. The van der Waals surface area contributed by atoms with Gasteiger partial charge in [-0.05, 0) is 46.6 Å². The van der Waals surface area contributed by atoms with Crippen molar-refractivity contribution < 1.29 is 14.3 Å². The third-order valence-corrected chi connectivity index (χ3v) is 4.29. The minimum Gasteiger partial charge on any atom is -0.458 e. The number of hydrogen-bond acceptors (Lipinski definition) is 3. The quantitative estimate of drug-likeness (QED) is 0.708. The Balaban J connectivity index is 1.58. The number of aliphatic hydroxyl groups excluding tert-OH is 1. The molecule has 1 amide bonds. The zero-order valence-electron chi connectivity index (χ0n) is 12.3. The number of amides is 1. The van der Waals surface area contributed by atoms with E-state index in [1.165, 1.54) is 0 Å². The number of nitrogens with one attached hydrogen (secondary N) is 1. The smallest absolute Gasteiger partial charge is 0.252 e. The molecular weight excluding hydrogens is 358 g/mol. The topological polar surface area (TPSA) is 62.5 Å². The monoisotopic (exact) mass is 373 g/mol. The van der Waals surface area contributed by atoms with E-state index < -0.39 is 6.10 Å². The summed E-state index contributed by atoms with van der Waals surface area (Å²) in [6, 6.07) is 16.7. The SMILES string of the molecule is O=C(NCC[C@@H](O)c1cc2ccccc2o1)c1ccccc1Br. The predicted octanol–water partition coefficient (Wildman–Crippen LogP) is 4.05. The van der Waals surface area contributed by atoms with E-state index >= 15 is 0 Å². The summed E-state index contributed by atoms with van der Waals surface area (Å²) < 4.78 is 6.37. The number of benzene rings is 2. The molecule has 3 aromatic rings. The highest BCUT2D eigenvalue weighted by Crippen LogP contribution is 2.25. The number of hydrogen-bond donors (Lipinski definition) is 2. The molecule has 0 saturated heterocycles. The number of aliphatic hydroxyl groups is 1. The Hall–Kier alpha value is -2.11. The summed E-state index contributed by atoms with van der Waals surface area (Å²) in [6.07, 6.45) is -0.363. The summed E-state index contributed by atoms with van der Waals surface area (Å²) in [4.78, 5) is 12.1. The molecule has 0 fully saturated rings. The summed E-state index contributed by atoms with van der Waals surface area (Å²) in [5.41, 5.74) is 1.32. The number of rotatable bonds is 5. The Morgan fingerprint density at radius 2 is 1.91 bits per heavy atom. The van der Waals surface area contributed by atoms with E-state index in [1.807, 2.05) is 48.5 Å². The molecule has 0 spiro atoms. The molecule has 0 radical (unpaired) electrons. The van der Waals surface area contributed by atoms with Gasteiger partial charge < -0.3 is 14.8 Å². The first-order valence-corrected chi connectivity index (χ1v) is 8.14. The molecule has 2 aromatic carbocycles. The Morgan fingerprint density at radius 1 is 1.17 bits per heavy atom. The van der Waals surface area contributed by atoms with Crippen LogP contribution in [0.1, 0.15) is 28.6 Å². The van der Waals surface area contributed by atoms with Crippen molar-refractivity contribution in [2.75, 3.05) is 6.54 Å². The fourth-order valence-corrected chi connectivity index (χ4v) is 2.84. The molecule has 0 saturated carbocycles. The number of fused-ring (bicyclic) bond motifs is 1. The standard InChI is InChI=1S/C18H16BrNO3/c19-14-7-3-2-6-13(14)18(22)20-10-9-15(21)17-11-12-5-1-4-8-16(12)23-17/h1-8,11,15,21H,9-10H2,(H,20,22)/t15-/m1/s1. The van der Waals surface area contributed by atoms with Crippen molar-refractivity contribution in [3.05, 3.63) is 70.4 Å². The normalized spacial score (nSPS) is 12.3. The van der Waals surface area contributed by atoms with Crippen LogP contribution in [0.2, 0.25) is 0 Å². The fourth-order valence-electron chi connectivity index (χ4n) is 2.37. The van der Waals surface area contributed by atoms with Gasteiger partial charge >= 0.3 is 0 Å². The van der Waals surface area contributed by atoms with Gasteiger partial charge in [-0.1, -0.05) is 30.3 Å². The van der Waals surface area contributed by atoms with Crippen molar-refractivity contribution in [3.63, 3.8) is 0 Å². The second-order valence-corrected chi connectivity index (χ2v) is 6.08. The van der Waals surface area contributed by atoms with E-state index in [9.17, 15) is 9.90 Å². The summed E-state index contributed by atoms with van der Waals surface area (Å²) in [5.74, 6) is 0.343. The van der Waals surface area contributed by atoms with Crippen molar-refractivity contribution in [1.82, 2.24) is 5.32 Å². The zero-order chi connectivity index (χ0) is 16.2. The lowest BCUT2D eigenvalue weighted by Crippen LogP contribution is -2.25. The first-order valence-electron chi connectivity index (χ1n) is 7.34. The van der Waals surface area contributed by atoms with E-state index in [-0.39, 0.29) is 5.91 Å². The molecular formula is C18H16BrNO3. The molecule has 5 heteroatoms. The van der Waals surface area contributed by atoms with Crippen LogP contribution in [0.4, 0.5) is 0 Å². The highest BCUT2D eigenvalue weighted by atomic mass is 79.9. The maximum Gasteiger partial charge on any atom is 0.252 e. The highest BCUT2D eigenvalue weighted by Gasteiger charge is 2.14. The summed E-state index contributed by atoms with van der Waals surface area (Å²) in [5, 5.41) is 14.0. The number of para-hydroxylation sites is 1. The summed E-state index contributed by atoms with van der Waals surface area (Å²) in [7, 11) is 0. The predicted molar refractivity (Wildman–Crippen MR) is 92.3 cm³/mol. The maximum atomic E-state index is 12.1. The van der Waals surface area contributed by atoms with Gasteiger partial charge in [-0.25, -0.2) is 0 Å². The van der Waals surface area contributed by atoms with E-state index in [0.717, 1.165) is 15.4 Å². The van der Waals surface area contributed by atoms with E-state index in [2.05, 4.69) is 21.2 Å². The lowest BCUT2D eigenvalue weighted by atomic mass is 10.1. The van der Waals surface area contributed by atoms with Crippen molar-refractivity contribution in [1.29, 1.82) is 0 Å². The molecule has 3 rings (SSSR count). The molecule has 0 unspecified atom stereocenters. The Labute approximate surface area is 142 Å². The van der Waals surface area contributed by atoms with Crippen LogP contribution in [0.15, 0.2) is 63.5 Å². The van der Waals surface area contributed by atoms with E-state index in [0.29, 0.717) is 24.3 Å². The van der Waals surface area contributed by atoms with Gasteiger partial charge in [0.25, 0.3) is 5.91 Å². The van der Waals surface area contributed by atoms with E-state index in [1.54, 1.807) is 6.07 Å². The Kier molecular flexibility index (Phi) is 4.79. The van der Waals surface area contributed by atoms with Gasteiger partial charge in [-0.15, -0.1) is 0 Å². The average Bonchev–Trinajstić information content (AvgIpc) is 2.99. The van der Waals surface area contributed by atoms with Gasteiger partial charge in [0.05, 0.1) is 5.56 Å². The van der Waals surface area contributed by atoms with Crippen LogP contribution in [0.3, 0.4) is 0 Å². The lowest BCUT2D eigenvalue weighted by molar-refractivity contribution is 0.0936. The van der Waals surface area contributed by atoms with Gasteiger partial charge in [0.2, 0.25) is 0 Å². The number of furan rings is 1. The third-order valence-electron chi connectivity index (χ3n) is 3.59. The van der Waals surface area contributed by atoms with Crippen molar-refractivity contribution in [2.24, 2.45) is 0 Å². The number of carbonyl (C=O) groups is 1. The molecule has 0 aliphatic rings. The highest BCUT2D eigenvalue weighted by molar-refractivity contribution is 9.10. The second kappa shape index (κ2) is 6.98. The van der Waals surface area contributed by atoms with Gasteiger partial charge in [-0.2, -0.15) is 0 Å². The van der Waals surface area contributed by atoms with Gasteiger partial charge in [0, 0.05) is 16.4 Å². The van der Waals surface area contributed by atoms with Crippen LogP contribution >= 0.6 is 15.9 Å². The first-order chi connectivity index (χ1) is 11.1. The molecule has 4 nitrogen and oxygen atoms in total. The molecule has 0 bridgehead atoms. The van der Waals surface area contributed by atoms with Crippen LogP contribution < -0.4 is 5.32 Å². The van der Waals surface area contributed by atoms with Gasteiger partial charge in [0.1, 0.15) is 17.4 Å². The minimum absolute atomic E-state index is 0.172. The number of carbonyl (C=O) groups excluding carboxylic acids is 1. The van der Waals surface area contributed by atoms with Gasteiger partial charge in [0.15, 0.2) is 0 Å². The molecule has 1 aromatic heterocycles. The van der Waals surface area contributed by atoms with Crippen molar-refractivity contribution >= 4 is 32.8 Å².